The van der Waals surface area contributed by atoms with Crippen LogP contribution in [-0.4, -0.2) is 70.6 Å². The minimum atomic E-state index is -1.46. The van der Waals surface area contributed by atoms with E-state index in [1.807, 2.05) is 0 Å². The fourth-order valence-corrected chi connectivity index (χ4v) is 3.56. The SMILES string of the molecule is CCC(C)(C)N(C(=O)C(CC(N)=O)NC(=O)OC(C)(C)C)C(C(=O)NCC(=O)OC)c1ccc(O)c(C)c1. The summed E-state index contributed by atoms with van der Waals surface area (Å²) in [5.74, 6) is -3.07. The Hall–Kier alpha value is -3.83. The lowest BCUT2D eigenvalue weighted by atomic mass is 9.91. The second-order valence-corrected chi connectivity index (χ2v) is 10.5. The maximum atomic E-state index is 14.1. The second-order valence-electron chi connectivity index (χ2n) is 10.5. The van der Waals surface area contributed by atoms with Gasteiger partial charge in [0.15, 0.2) is 0 Å². The topological polar surface area (TPSA) is 177 Å². The van der Waals surface area contributed by atoms with Crippen molar-refractivity contribution in [2.24, 2.45) is 5.73 Å². The first-order valence-electron chi connectivity index (χ1n) is 12.2. The standard InChI is InChI=1S/C26H40N4O8/c1-9-26(6,7)30(23(35)17(13-19(27)32)29-24(36)38-25(3,4)5)21(22(34)28-14-20(33)37-8)16-10-11-18(31)15(2)12-16/h10-12,17,21,31H,9,13-14H2,1-8H3,(H2,27,32)(H,28,34)(H,29,36). The van der Waals surface area contributed by atoms with Crippen LogP contribution < -0.4 is 16.4 Å². The third kappa shape index (κ3) is 9.24. The fourth-order valence-electron chi connectivity index (χ4n) is 3.56. The van der Waals surface area contributed by atoms with Crippen molar-refractivity contribution in [1.29, 1.82) is 0 Å². The van der Waals surface area contributed by atoms with Gasteiger partial charge in [0.2, 0.25) is 17.7 Å². The molecule has 2 unspecified atom stereocenters. The molecule has 1 aromatic carbocycles. The number of rotatable bonds is 11. The monoisotopic (exact) mass is 536 g/mol. The smallest absolute Gasteiger partial charge is 0.408 e. The van der Waals surface area contributed by atoms with Crippen molar-refractivity contribution in [2.75, 3.05) is 13.7 Å². The molecule has 12 nitrogen and oxygen atoms in total. The van der Waals surface area contributed by atoms with Gasteiger partial charge in [0.05, 0.1) is 13.5 Å². The van der Waals surface area contributed by atoms with Crippen LogP contribution in [0.1, 0.15) is 71.6 Å². The molecular formula is C26H40N4O8. The van der Waals surface area contributed by atoms with E-state index in [1.165, 1.54) is 30.2 Å². The summed E-state index contributed by atoms with van der Waals surface area (Å²) in [5.41, 5.74) is 4.28. The molecule has 5 N–H and O–H groups in total. The summed E-state index contributed by atoms with van der Waals surface area (Å²) >= 11 is 0. The largest absolute Gasteiger partial charge is 0.508 e. The highest BCUT2D eigenvalue weighted by atomic mass is 16.6. The average Bonchev–Trinajstić information content (AvgIpc) is 2.80. The van der Waals surface area contributed by atoms with Crippen molar-refractivity contribution in [1.82, 2.24) is 15.5 Å². The maximum absolute atomic E-state index is 14.1. The highest BCUT2D eigenvalue weighted by molar-refractivity contribution is 5.95. The van der Waals surface area contributed by atoms with Crippen LogP contribution in [-0.2, 0) is 28.7 Å². The molecule has 2 atom stereocenters. The van der Waals surface area contributed by atoms with Gasteiger partial charge in [-0.1, -0.05) is 13.0 Å². The van der Waals surface area contributed by atoms with Crippen LogP contribution in [0.4, 0.5) is 4.79 Å². The normalized spacial score (nSPS) is 13.1. The van der Waals surface area contributed by atoms with E-state index in [1.54, 1.807) is 48.5 Å². The van der Waals surface area contributed by atoms with Crippen molar-refractivity contribution in [3.05, 3.63) is 29.3 Å². The van der Waals surface area contributed by atoms with Crippen LogP contribution >= 0.6 is 0 Å². The minimum Gasteiger partial charge on any atom is -0.508 e. The maximum Gasteiger partial charge on any atom is 0.408 e. The molecule has 0 aliphatic rings. The molecule has 1 aromatic rings. The fraction of sp³-hybridized carbons (Fsp3) is 0.577. The summed E-state index contributed by atoms with van der Waals surface area (Å²) in [6.07, 6.45) is -1.13. The van der Waals surface area contributed by atoms with E-state index in [0.29, 0.717) is 17.5 Å². The molecular weight excluding hydrogens is 496 g/mol. The zero-order chi connectivity index (χ0) is 29.4. The number of primary amides is 1. The molecule has 0 fully saturated rings. The Bertz CT molecular complexity index is 1050. The van der Waals surface area contributed by atoms with Gasteiger partial charge in [-0.15, -0.1) is 0 Å². The van der Waals surface area contributed by atoms with Crippen molar-refractivity contribution >= 4 is 29.8 Å². The molecule has 38 heavy (non-hydrogen) atoms. The number of methoxy groups -OCH3 is 1. The van der Waals surface area contributed by atoms with Crippen molar-refractivity contribution in [3.8, 4) is 5.75 Å². The number of benzene rings is 1. The van der Waals surface area contributed by atoms with E-state index in [2.05, 4.69) is 15.4 Å². The van der Waals surface area contributed by atoms with E-state index in [9.17, 15) is 29.1 Å². The second kappa shape index (κ2) is 13.1. The summed E-state index contributed by atoms with van der Waals surface area (Å²) in [6, 6.07) is 1.61. The Labute approximate surface area is 223 Å². The van der Waals surface area contributed by atoms with Gasteiger partial charge in [-0.3, -0.25) is 19.2 Å². The molecule has 0 saturated heterocycles. The zero-order valence-corrected chi connectivity index (χ0v) is 23.3. The van der Waals surface area contributed by atoms with Gasteiger partial charge in [0.25, 0.3) is 0 Å². The number of alkyl carbamates (subject to hydrolysis) is 1. The first-order chi connectivity index (χ1) is 17.4. The van der Waals surface area contributed by atoms with Gasteiger partial charge in [-0.2, -0.15) is 0 Å². The molecule has 212 valence electrons. The number of phenols is 1. The number of esters is 1. The molecule has 12 heteroatoms. The number of carbonyl (C=O) groups is 5. The highest BCUT2D eigenvalue weighted by Crippen LogP contribution is 2.34. The van der Waals surface area contributed by atoms with Crippen LogP contribution in [0.3, 0.4) is 0 Å². The van der Waals surface area contributed by atoms with Crippen LogP contribution in [0, 0.1) is 6.92 Å². The van der Waals surface area contributed by atoms with Crippen molar-refractivity contribution in [3.63, 3.8) is 0 Å². The van der Waals surface area contributed by atoms with Crippen LogP contribution in [0.5, 0.6) is 5.75 Å². The summed E-state index contributed by atoms with van der Waals surface area (Å²) in [6.45, 7) is 11.3. The highest BCUT2D eigenvalue weighted by Gasteiger charge is 2.43. The van der Waals surface area contributed by atoms with E-state index < -0.39 is 66.0 Å². The van der Waals surface area contributed by atoms with Crippen LogP contribution in [0.2, 0.25) is 0 Å². The van der Waals surface area contributed by atoms with Gasteiger partial charge in [-0.05, 0) is 71.2 Å². The number of aryl methyl sites for hydroxylation is 1. The number of nitrogens with zero attached hydrogens (tertiary/aromatic N) is 1. The average molecular weight is 537 g/mol. The Balaban J connectivity index is 3.70. The molecule has 0 radical (unpaired) electrons. The lowest BCUT2D eigenvalue weighted by molar-refractivity contribution is -0.150. The van der Waals surface area contributed by atoms with Gasteiger partial charge in [-0.25, -0.2) is 4.79 Å². The van der Waals surface area contributed by atoms with E-state index in [4.69, 9.17) is 10.5 Å². The summed E-state index contributed by atoms with van der Waals surface area (Å²) in [7, 11) is 1.17. The first kappa shape index (κ1) is 32.2. The third-order valence-corrected chi connectivity index (χ3v) is 5.83. The predicted octanol–water partition coefficient (Wildman–Crippen LogP) is 1.82. The number of amides is 4. The molecule has 0 aliphatic heterocycles. The van der Waals surface area contributed by atoms with Gasteiger partial charge < -0.3 is 35.8 Å². The first-order valence-corrected chi connectivity index (χ1v) is 12.2. The number of hydrogen-bond acceptors (Lipinski definition) is 8. The molecule has 4 amide bonds. The lowest BCUT2D eigenvalue weighted by Crippen LogP contribution is -2.60. The Morgan fingerprint density at radius 2 is 1.71 bits per heavy atom. The van der Waals surface area contributed by atoms with E-state index >= 15 is 0 Å². The third-order valence-electron chi connectivity index (χ3n) is 5.83. The molecule has 0 heterocycles. The van der Waals surface area contributed by atoms with Gasteiger partial charge in [0, 0.05) is 5.54 Å². The van der Waals surface area contributed by atoms with Gasteiger partial charge >= 0.3 is 12.1 Å². The number of aromatic hydroxyl groups is 1. The van der Waals surface area contributed by atoms with Crippen LogP contribution in [0.25, 0.3) is 0 Å². The summed E-state index contributed by atoms with van der Waals surface area (Å²) in [4.78, 5) is 65.0. The lowest BCUT2D eigenvalue weighted by Gasteiger charge is -2.44. The Morgan fingerprint density at radius 1 is 1.11 bits per heavy atom. The van der Waals surface area contributed by atoms with Crippen molar-refractivity contribution < 1.29 is 38.6 Å². The number of nitrogens with two attached hydrogens (primary N) is 1. The molecule has 0 spiro atoms. The molecule has 0 aromatic heterocycles. The number of ether oxygens (including phenoxy) is 2. The van der Waals surface area contributed by atoms with E-state index in [0.717, 1.165) is 0 Å². The number of carbonyl (C=O) groups excluding carboxylic acids is 5. The molecule has 1 rings (SSSR count). The summed E-state index contributed by atoms with van der Waals surface area (Å²) in [5, 5.41) is 14.9. The van der Waals surface area contributed by atoms with Crippen molar-refractivity contribution in [2.45, 2.75) is 84.5 Å². The van der Waals surface area contributed by atoms with E-state index in [-0.39, 0.29) is 5.75 Å². The van der Waals surface area contributed by atoms with Gasteiger partial charge in [0.1, 0.15) is 30.0 Å². The minimum absolute atomic E-state index is 0.0201. The summed E-state index contributed by atoms with van der Waals surface area (Å²) < 4.78 is 9.86. The van der Waals surface area contributed by atoms with Crippen LogP contribution in [0.15, 0.2) is 18.2 Å². The quantitative estimate of drug-likeness (QED) is 0.309. The number of nitrogens with one attached hydrogen (secondary N) is 2. The number of hydrogen-bond donors (Lipinski definition) is 4. The number of phenolic OH excluding ortho intramolecular Hbond substituents is 1. The molecule has 0 saturated carbocycles. The molecule has 0 bridgehead atoms. The Kier molecular flexibility index (Phi) is 11.1. The predicted molar refractivity (Wildman–Crippen MR) is 139 cm³/mol. The zero-order valence-electron chi connectivity index (χ0n) is 23.3. The molecule has 0 aliphatic carbocycles. The Morgan fingerprint density at radius 3 is 2.18 bits per heavy atom.